The van der Waals surface area contributed by atoms with Gasteiger partial charge in [-0.1, -0.05) is 37.3 Å². The molecule has 1 aromatic carbocycles. The Balaban J connectivity index is 2.51. The molecule has 0 heterocycles. The quantitative estimate of drug-likeness (QED) is 0.561. The van der Waals surface area contributed by atoms with E-state index in [1.54, 1.807) is 0 Å². The Kier molecular flexibility index (Phi) is 9.78. The van der Waals surface area contributed by atoms with Crippen LogP contribution in [-0.2, 0) is 16.1 Å². The fourth-order valence-electron chi connectivity index (χ4n) is 2.17. The summed E-state index contributed by atoms with van der Waals surface area (Å²) in [6.07, 6.45) is 1.64. The monoisotopic (exact) mass is 316 g/mol. The number of nitrogens with one attached hydrogen (secondary N) is 1. The number of carbonyl (C=O) groups is 1. The van der Waals surface area contributed by atoms with Crippen molar-refractivity contribution in [1.82, 2.24) is 10.2 Å². The predicted octanol–water partition coefficient (Wildman–Crippen LogP) is 2.44. The number of likely N-dealkylation sites (N-methyl/N-ethyl adjacent to an activating group) is 1. The minimum absolute atomic E-state index is 0.187. The highest BCUT2D eigenvalue weighted by Gasteiger charge is 2.21. The zero-order chi connectivity index (χ0) is 16.9. The first kappa shape index (κ1) is 19.2. The van der Waals surface area contributed by atoms with Gasteiger partial charge in [-0.25, -0.2) is 0 Å². The number of hydrogen-bond acceptors (Lipinski definition) is 4. The first-order chi connectivity index (χ1) is 11.2. The molecule has 0 bridgehead atoms. The molecule has 4 heteroatoms. The van der Waals surface area contributed by atoms with Crippen molar-refractivity contribution in [2.24, 2.45) is 0 Å². The molecule has 4 nitrogen and oxygen atoms in total. The summed E-state index contributed by atoms with van der Waals surface area (Å²) < 4.78 is 5.44. The van der Waals surface area contributed by atoms with Crippen molar-refractivity contribution in [2.45, 2.75) is 39.3 Å². The number of benzene rings is 1. The van der Waals surface area contributed by atoms with Gasteiger partial charge in [-0.3, -0.25) is 9.69 Å². The topological polar surface area (TPSA) is 41.6 Å². The maximum Gasteiger partial charge on any atom is 0.323 e. The van der Waals surface area contributed by atoms with E-state index in [9.17, 15) is 4.79 Å². The van der Waals surface area contributed by atoms with Crippen molar-refractivity contribution in [3.05, 3.63) is 35.9 Å². The van der Waals surface area contributed by atoms with Crippen LogP contribution >= 0.6 is 0 Å². The third-order valence-corrected chi connectivity index (χ3v) is 3.59. The van der Waals surface area contributed by atoms with E-state index in [0.717, 1.165) is 38.0 Å². The lowest BCUT2D eigenvalue weighted by Gasteiger charge is -2.26. The van der Waals surface area contributed by atoms with Gasteiger partial charge >= 0.3 is 5.97 Å². The summed E-state index contributed by atoms with van der Waals surface area (Å²) in [5.74, 6) is 6.01. The van der Waals surface area contributed by atoms with Crippen molar-refractivity contribution in [3.8, 4) is 11.8 Å². The van der Waals surface area contributed by atoms with E-state index >= 15 is 0 Å². The van der Waals surface area contributed by atoms with Gasteiger partial charge in [-0.2, -0.15) is 0 Å². The highest BCUT2D eigenvalue weighted by Crippen LogP contribution is 2.06. The number of ether oxygens (including phenoxy) is 1. The van der Waals surface area contributed by atoms with Crippen LogP contribution in [-0.4, -0.2) is 43.6 Å². The molecule has 23 heavy (non-hydrogen) atoms. The minimum Gasteiger partial charge on any atom is -0.460 e. The number of nitrogens with zero attached hydrogens (tertiary/aromatic N) is 1. The van der Waals surface area contributed by atoms with E-state index in [1.807, 2.05) is 51.2 Å². The summed E-state index contributed by atoms with van der Waals surface area (Å²) in [6.45, 7) is 6.66. The van der Waals surface area contributed by atoms with E-state index < -0.39 is 0 Å². The van der Waals surface area contributed by atoms with E-state index in [4.69, 9.17) is 4.74 Å². The fourth-order valence-corrected chi connectivity index (χ4v) is 2.17. The standard InChI is InChI=1S/C19H28N2O2/c1-4-5-6-10-14-21(15-13-20-3)17(2)19(22)23-16-18-11-8-7-9-12-18/h7-9,11-12,17,20H,4,10,13-16H2,1-3H3. The molecule has 0 aliphatic carbocycles. The van der Waals surface area contributed by atoms with Gasteiger partial charge in [0.05, 0.1) is 0 Å². The third kappa shape index (κ3) is 7.83. The molecular formula is C19H28N2O2. The zero-order valence-electron chi connectivity index (χ0n) is 14.5. The van der Waals surface area contributed by atoms with Crippen LogP contribution in [0.15, 0.2) is 30.3 Å². The van der Waals surface area contributed by atoms with Gasteiger partial charge in [0.2, 0.25) is 0 Å². The Morgan fingerprint density at radius 3 is 2.65 bits per heavy atom. The van der Waals surface area contributed by atoms with Crippen LogP contribution in [0.2, 0.25) is 0 Å². The van der Waals surface area contributed by atoms with Gasteiger partial charge in [-0.15, -0.1) is 11.8 Å². The Morgan fingerprint density at radius 2 is 2.00 bits per heavy atom. The van der Waals surface area contributed by atoms with Crippen LogP contribution in [0, 0.1) is 11.8 Å². The van der Waals surface area contributed by atoms with Crippen LogP contribution in [0.5, 0.6) is 0 Å². The molecule has 0 aliphatic rings. The van der Waals surface area contributed by atoms with Crippen LogP contribution in [0.3, 0.4) is 0 Å². The maximum atomic E-state index is 12.3. The average Bonchev–Trinajstić information content (AvgIpc) is 2.59. The van der Waals surface area contributed by atoms with E-state index in [2.05, 4.69) is 22.1 Å². The van der Waals surface area contributed by atoms with Crippen LogP contribution in [0.25, 0.3) is 0 Å². The maximum absolute atomic E-state index is 12.3. The van der Waals surface area contributed by atoms with Crippen molar-refractivity contribution in [1.29, 1.82) is 0 Å². The SMILES string of the molecule is CCC#CCCN(CCNC)C(C)C(=O)OCc1ccccc1. The molecule has 0 saturated carbocycles. The molecule has 0 aliphatic heterocycles. The summed E-state index contributed by atoms with van der Waals surface area (Å²) in [5.41, 5.74) is 1.00. The van der Waals surface area contributed by atoms with Crippen molar-refractivity contribution in [2.75, 3.05) is 26.7 Å². The molecule has 0 radical (unpaired) electrons. The summed E-state index contributed by atoms with van der Waals surface area (Å²) in [7, 11) is 1.91. The molecule has 0 saturated heterocycles. The predicted molar refractivity (Wildman–Crippen MR) is 93.9 cm³/mol. The lowest BCUT2D eigenvalue weighted by molar-refractivity contribution is -0.150. The molecule has 1 unspecified atom stereocenters. The van der Waals surface area contributed by atoms with Crippen LogP contribution in [0.4, 0.5) is 0 Å². The number of hydrogen-bond donors (Lipinski definition) is 1. The van der Waals surface area contributed by atoms with Crippen molar-refractivity contribution in [3.63, 3.8) is 0 Å². The third-order valence-electron chi connectivity index (χ3n) is 3.59. The summed E-state index contributed by atoms with van der Waals surface area (Å²) in [4.78, 5) is 14.4. The normalized spacial score (nSPS) is 11.7. The number of esters is 1. The molecule has 0 spiro atoms. The Hall–Kier alpha value is -1.83. The number of rotatable bonds is 9. The molecular weight excluding hydrogens is 288 g/mol. The summed E-state index contributed by atoms with van der Waals surface area (Å²) in [5, 5.41) is 3.12. The van der Waals surface area contributed by atoms with Gasteiger partial charge in [-0.05, 0) is 19.5 Å². The molecule has 0 aromatic heterocycles. The molecule has 1 N–H and O–H groups in total. The van der Waals surface area contributed by atoms with Crippen molar-refractivity contribution >= 4 is 5.97 Å². The summed E-state index contributed by atoms with van der Waals surface area (Å²) >= 11 is 0. The molecule has 1 atom stereocenters. The van der Waals surface area contributed by atoms with Crippen LogP contribution < -0.4 is 5.32 Å². The second-order valence-electron chi connectivity index (χ2n) is 5.37. The molecule has 0 amide bonds. The molecule has 1 rings (SSSR count). The highest BCUT2D eigenvalue weighted by atomic mass is 16.5. The van der Waals surface area contributed by atoms with Gasteiger partial charge in [0.15, 0.2) is 0 Å². The van der Waals surface area contributed by atoms with E-state index in [-0.39, 0.29) is 12.0 Å². The first-order valence-electron chi connectivity index (χ1n) is 8.24. The second-order valence-corrected chi connectivity index (χ2v) is 5.37. The fraction of sp³-hybridized carbons (Fsp3) is 0.526. The number of carbonyl (C=O) groups excluding carboxylic acids is 1. The summed E-state index contributed by atoms with van der Waals surface area (Å²) in [6, 6.07) is 9.48. The highest BCUT2D eigenvalue weighted by molar-refractivity contribution is 5.75. The Morgan fingerprint density at radius 1 is 1.26 bits per heavy atom. The van der Waals surface area contributed by atoms with Gasteiger partial charge in [0.1, 0.15) is 12.6 Å². The second kappa shape index (κ2) is 11.7. The smallest absolute Gasteiger partial charge is 0.323 e. The van der Waals surface area contributed by atoms with Crippen LogP contribution in [0.1, 0.15) is 32.3 Å². The molecule has 1 aromatic rings. The first-order valence-corrected chi connectivity index (χ1v) is 8.24. The van der Waals surface area contributed by atoms with Gasteiger partial charge in [0, 0.05) is 32.5 Å². The lowest BCUT2D eigenvalue weighted by atomic mass is 10.2. The zero-order valence-corrected chi connectivity index (χ0v) is 14.5. The Bertz CT molecular complexity index is 505. The van der Waals surface area contributed by atoms with Crippen molar-refractivity contribution < 1.29 is 9.53 Å². The largest absolute Gasteiger partial charge is 0.460 e. The van der Waals surface area contributed by atoms with E-state index in [0.29, 0.717) is 6.61 Å². The van der Waals surface area contributed by atoms with E-state index in [1.165, 1.54) is 0 Å². The minimum atomic E-state index is -0.268. The molecule has 0 fully saturated rings. The lowest BCUT2D eigenvalue weighted by Crippen LogP contribution is -2.43. The van der Waals surface area contributed by atoms with Gasteiger partial charge in [0.25, 0.3) is 0 Å². The molecule has 126 valence electrons. The Labute approximate surface area is 140 Å². The average molecular weight is 316 g/mol. The van der Waals surface area contributed by atoms with Gasteiger partial charge < -0.3 is 10.1 Å².